The Balaban J connectivity index is 2.03. The van der Waals surface area contributed by atoms with Crippen LogP contribution in [0.4, 0.5) is 13.2 Å². The summed E-state index contributed by atoms with van der Waals surface area (Å²) >= 11 is 0. The smallest absolute Gasteiger partial charge is 0.387 e. The zero-order chi connectivity index (χ0) is 12.5. The molecule has 0 spiro atoms. The molecule has 0 saturated heterocycles. The Morgan fingerprint density at radius 1 is 1.35 bits per heavy atom. The average Bonchev–Trinajstić information content (AvgIpc) is 3.09. The second kappa shape index (κ2) is 4.66. The highest BCUT2D eigenvalue weighted by Gasteiger charge is 2.31. The first-order valence-corrected chi connectivity index (χ1v) is 5.55. The molecule has 1 saturated carbocycles. The third-order valence-electron chi connectivity index (χ3n) is 2.78. The second-order valence-corrected chi connectivity index (χ2v) is 4.32. The lowest BCUT2D eigenvalue weighted by Gasteiger charge is -2.14. The standard InChI is InChI=1S/C12H14F3NO/c13-12(14,15)9-3-1-2-8(6-9)11(17)7-16-10-4-5-10/h1-3,6,10-11,16-17H,4-5,7H2. The van der Waals surface area contributed by atoms with E-state index in [9.17, 15) is 18.3 Å². The van der Waals surface area contributed by atoms with E-state index in [-0.39, 0.29) is 0 Å². The SMILES string of the molecule is OC(CNC1CC1)c1cccc(C(F)(F)F)c1. The Hall–Kier alpha value is -1.07. The van der Waals surface area contributed by atoms with Crippen molar-refractivity contribution in [1.82, 2.24) is 5.32 Å². The maximum atomic E-state index is 12.5. The molecule has 0 radical (unpaired) electrons. The summed E-state index contributed by atoms with van der Waals surface area (Å²) < 4.78 is 37.4. The van der Waals surface area contributed by atoms with E-state index in [1.165, 1.54) is 12.1 Å². The summed E-state index contributed by atoms with van der Waals surface area (Å²) in [5.41, 5.74) is -0.423. The van der Waals surface area contributed by atoms with Crippen LogP contribution in [0, 0.1) is 0 Å². The molecular weight excluding hydrogens is 231 g/mol. The first-order valence-electron chi connectivity index (χ1n) is 5.55. The first-order chi connectivity index (χ1) is 7.97. The van der Waals surface area contributed by atoms with Crippen LogP contribution in [0.1, 0.15) is 30.1 Å². The predicted octanol–water partition coefficient (Wildman–Crippen LogP) is 2.49. The maximum Gasteiger partial charge on any atom is 0.416 e. The van der Waals surface area contributed by atoms with Crippen molar-refractivity contribution in [3.8, 4) is 0 Å². The van der Waals surface area contributed by atoms with E-state index in [4.69, 9.17) is 0 Å². The van der Waals surface area contributed by atoms with Gasteiger partial charge in [0.1, 0.15) is 0 Å². The van der Waals surface area contributed by atoms with E-state index in [1.54, 1.807) is 0 Å². The van der Waals surface area contributed by atoms with Crippen LogP contribution in [-0.4, -0.2) is 17.7 Å². The topological polar surface area (TPSA) is 32.3 Å². The molecule has 5 heteroatoms. The van der Waals surface area contributed by atoms with Gasteiger partial charge in [-0.05, 0) is 30.5 Å². The van der Waals surface area contributed by atoms with Crippen molar-refractivity contribution in [2.45, 2.75) is 31.2 Å². The number of hydrogen-bond donors (Lipinski definition) is 2. The van der Waals surface area contributed by atoms with Gasteiger partial charge in [0.2, 0.25) is 0 Å². The molecule has 0 bridgehead atoms. The number of aliphatic hydroxyl groups is 1. The largest absolute Gasteiger partial charge is 0.416 e. The molecule has 1 fully saturated rings. The van der Waals surface area contributed by atoms with E-state index in [0.29, 0.717) is 18.2 Å². The lowest BCUT2D eigenvalue weighted by Crippen LogP contribution is -2.23. The summed E-state index contributed by atoms with van der Waals surface area (Å²) in [5, 5.41) is 12.8. The first kappa shape index (κ1) is 12.4. The van der Waals surface area contributed by atoms with Gasteiger partial charge in [0.05, 0.1) is 11.7 Å². The van der Waals surface area contributed by atoms with Crippen LogP contribution in [0.25, 0.3) is 0 Å². The summed E-state index contributed by atoms with van der Waals surface area (Å²) in [6.07, 6.45) is -3.09. The van der Waals surface area contributed by atoms with Gasteiger partial charge in [-0.25, -0.2) is 0 Å². The van der Waals surface area contributed by atoms with Crippen LogP contribution in [0.5, 0.6) is 0 Å². The number of alkyl halides is 3. The number of hydrogen-bond acceptors (Lipinski definition) is 2. The molecule has 0 heterocycles. The van der Waals surface area contributed by atoms with Gasteiger partial charge >= 0.3 is 6.18 Å². The fraction of sp³-hybridized carbons (Fsp3) is 0.500. The lowest BCUT2D eigenvalue weighted by molar-refractivity contribution is -0.137. The van der Waals surface area contributed by atoms with Crippen molar-refractivity contribution < 1.29 is 18.3 Å². The zero-order valence-electron chi connectivity index (χ0n) is 9.17. The van der Waals surface area contributed by atoms with Gasteiger partial charge in [0.15, 0.2) is 0 Å². The summed E-state index contributed by atoms with van der Waals surface area (Å²) in [6.45, 7) is 0.298. The highest BCUT2D eigenvalue weighted by molar-refractivity contribution is 5.27. The Bertz CT molecular complexity index is 388. The highest BCUT2D eigenvalue weighted by Crippen LogP contribution is 2.30. The van der Waals surface area contributed by atoms with Crippen molar-refractivity contribution in [3.05, 3.63) is 35.4 Å². The second-order valence-electron chi connectivity index (χ2n) is 4.32. The normalized spacial score (nSPS) is 18.1. The van der Waals surface area contributed by atoms with E-state index in [0.717, 1.165) is 25.0 Å². The van der Waals surface area contributed by atoms with Gasteiger partial charge in [-0.15, -0.1) is 0 Å². The van der Waals surface area contributed by atoms with Crippen LogP contribution in [0.15, 0.2) is 24.3 Å². The van der Waals surface area contributed by atoms with Crippen molar-refractivity contribution >= 4 is 0 Å². The minimum Gasteiger partial charge on any atom is -0.387 e. The molecule has 17 heavy (non-hydrogen) atoms. The Kier molecular flexibility index (Phi) is 3.40. The zero-order valence-corrected chi connectivity index (χ0v) is 9.17. The average molecular weight is 245 g/mol. The maximum absolute atomic E-state index is 12.5. The fourth-order valence-electron chi connectivity index (χ4n) is 1.61. The molecule has 2 nitrogen and oxygen atoms in total. The molecule has 94 valence electrons. The molecule has 1 unspecified atom stereocenters. The predicted molar refractivity (Wildman–Crippen MR) is 57.4 cm³/mol. The molecule has 2 rings (SSSR count). The van der Waals surface area contributed by atoms with E-state index in [2.05, 4.69) is 5.32 Å². The van der Waals surface area contributed by atoms with Gasteiger partial charge in [-0.3, -0.25) is 0 Å². The number of benzene rings is 1. The molecule has 0 amide bonds. The minimum absolute atomic E-state index is 0.298. The minimum atomic E-state index is -4.36. The molecular formula is C12H14F3NO. The van der Waals surface area contributed by atoms with Gasteiger partial charge in [0.25, 0.3) is 0 Å². The highest BCUT2D eigenvalue weighted by atomic mass is 19.4. The van der Waals surface area contributed by atoms with Crippen molar-refractivity contribution in [2.24, 2.45) is 0 Å². The number of halogens is 3. The summed E-state index contributed by atoms with van der Waals surface area (Å²) in [4.78, 5) is 0. The fourth-order valence-corrected chi connectivity index (χ4v) is 1.61. The van der Waals surface area contributed by atoms with Gasteiger partial charge in [-0.1, -0.05) is 12.1 Å². The summed E-state index contributed by atoms with van der Waals surface area (Å²) in [7, 11) is 0. The van der Waals surface area contributed by atoms with Gasteiger partial charge < -0.3 is 10.4 Å². The van der Waals surface area contributed by atoms with E-state index in [1.807, 2.05) is 0 Å². The van der Waals surface area contributed by atoms with Crippen LogP contribution in [-0.2, 0) is 6.18 Å². The van der Waals surface area contributed by atoms with Crippen molar-refractivity contribution in [1.29, 1.82) is 0 Å². The molecule has 1 aromatic carbocycles. The van der Waals surface area contributed by atoms with Crippen molar-refractivity contribution in [3.63, 3.8) is 0 Å². The molecule has 1 aliphatic carbocycles. The monoisotopic (exact) mass is 245 g/mol. The number of nitrogens with one attached hydrogen (secondary N) is 1. The molecule has 2 N–H and O–H groups in total. The molecule has 0 aromatic heterocycles. The quantitative estimate of drug-likeness (QED) is 0.854. The molecule has 0 aliphatic heterocycles. The van der Waals surface area contributed by atoms with E-state index < -0.39 is 17.8 Å². The van der Waals surface area contributed by atoms with Crippen LogP contribution in [0.2, 0.25) is 0 Å². The third-order valence-corrected chi connectivity index (χ3v) is 2.78. The lowest BCUT2D eigenvalue weighted by atomic mass is 10.1. The Morgan fingerprint density at radius 2 is 2.06 bits per heavy atom. The summed E-state index contributed by atoms with van der Waals surface area (Å²) in [6, 6.07) is 5.26. The van der Waals surface area contributed by atoms with Gasteiger partial charge in [-0.2, -0.15) is 13.2 Å². The molecule has 1 atom stereocenters. The van der Waals surface area contributed by atoms with Crippen LogP contribution in [0.3, 0.4) is 0 Å². The van der Waals surface area contributed by atoms with Crippen LogP contribution >= 0.6 is 0 Å². The third kappa shape index (κ3) is 3.44. The Labute approximate surface area is 97.5 Å². The van der Waals surface area contributed by atoms with Crippen LogP contribution < -0.4 is 5.32 Å². The number of aliphatic hydroxyl groups excluding tert-OH is 1. The molecule has 1 aliphatic rings. The van der Waals surface area contributed by atoms with E-state index >= 15 is 0 Å². The summed E-state index contributed by atoms with van der Waals surface area (Å²) in [5.74, 6) is 0. The van der Waals surface area contributed by atoms with Crippen molar-refractivity contribution in [2.75, 3.05) is 6.54 Å². The number of rotatable bonds is 4. The van der Waals surface area contributed by atoms with Gasteiger partial charge in [0, 0.05) is 12.6 Å². The molecule has 1 aromatic rings. The Morgan fingerprint density at radius 3 is 2.65 bits per heavy atom.